The van der Waals surface area contributed by atoms with Gasteiger partial charge in [-0.25, -0.2) is 0 Å². The van der Waals surface area contributed by atoms with Crippen LogP contribution in [0.15, 0.2) is 48.5 Å². The zero-order valence-corrected chi connectivity index (χ0v) is 13.8. The molecule has 0 fully saturated rings. The van der Waals surface area contributed by atoms with Crippen molar-refractivity contribution in [3.63, 3.8) is 0 Å². The zero-order valence-electron chi connectivity index (χ0n) is 13.8. The van der Waals surface area contributed by atoms with Crippen molar-refractivity contribution in [2.45, 2.75) is 25.6 Å². The second-order valence-electron chi connectivity index (χ2n) is 6.10. The van der Waals surface area contributed by atoms with Gasteiger partial charge in [-0.15, -0.1) is 0 Å². The van der Waals surface area contributed by atoms with Crippen molar-refractivity contribution in [3.05, 3.63) is 65.2 Å². The molecule has 2 aromatic rings. The van der Waals surface area contributed by atoms with Crippen molar-refractivity contribution in [2.75, 3.05) is 11.9 Å². The summed E-state index contributed by atoms with van der Waals surface area (Å²) in [5, 5.41) is 2.20. The summed E-state index contributed by atoms with van der Waals surface area (Å²) >= 11 is 0. The van der Waals surface area contributed by atoms with Crippen LogP contribution in [0.3, 0.4) is 0 Å². The average molecular weight is 362 g/mol. The summed E-state index contributed by atoms with van der Waals surface area (Å²) in [7, 11) is 0. The number of hydrogen-bond acceptors (Lipinski definition) is 2. The van der Waals surface area contributed by atoms with Crippen molar-refractivity contribution in [1.82, 2.24) is 4.90 Å². The molecule has 0 radical (unpaired) electrons. The van der Waals surface area contributed by atoms with Gasteiger partial charge in [0.15, 0.2) is 0 Å². The molecule has 136 valence electrons. The predicted molar refractivity (Wildman–Crippen MR) is 90.3 cm³/mol. The van der Waals surface area contributed by atoms with Crippen LogP contribution < -0.4 is 5.32 Å². The van der Waals surface area contributed by atoms with E-state index in [0.29, 0.717) is 19.5 Å². The van der Waals surface area contributed by atoms with E-state index >= 15 is 0 Å². The Kier molecular flexibility index (Phi) is 4.97. The molecule has 2 aromatic carbocycles. The van der Waals surface area contributed by atoms with Crippen LogP contribution in [-0.4, -0.2) is 23.3 Å². The molecule has 0 aliphatic carbocycles. The summed E-state index contributed by atoms with van der Waals surface area (Å²) in [6.45, 7) is 0.893. The van der Waals surface area contributed by atoms with E-state index in [9.17, 15) is 22.8 Å². The summed E-state index contributed by atoms with van der Waals surface area (Å²) < 4.78 is 38.9. The molecular formula is C19H17F3N2O2. The van der Waals surface area contributed by atoms with Gasteiger partial charge in [0.05, 0.1) is 11.3 Å². The van der Waals surface area contributed by atoms with Gasteiger partial charge in [-0.2, -0.15) is 13.2 Å². The van der Waals surface area contributed by atoms with Crippen molar-refractivity contribution in [3.8, 4) is 0 Å². The fraction of sp³-hybridized carbons (Fsp3) is 0.263. The van der Waals surface area contributed by atoms with Crippen molar-refractivity contribution >= 4 is 17.5 Å². The lowest BCUT2D eigenvalue weighted by Crippen LogP contribution is -2.37. The molecule has 1 heterocycles. The Balaban J connectivity index is 1.64. The monoisotopic (exact) mass is 362 g/mol. The number of halogens is 3. The maximum atomic E-state index is 13.0. The van der Waals surface area contributed by atoms with Crippen LogP contribution in [0.5, 0.6) is 0 Å². The SMILES string of the molecule is O=C(CC(=O)N1CCc2ccccc2C1)Nc1ccccc1C(F)(F)F. The van der Waals surface area contributed by atoms with Gasteiger partial charge < -0.3 is 10.2 Å². The molecule has 0 bridgehead atoms. The molecule has 3 rings (SSSR count). The smallest absolute Gasteiger partial charge is 0.338 e. The van der Waals surface area contributed by atoms with Gasteiger partial charge in [0.2, 0.25) is 11.8 Å². The van der Waals surface area contributed by atoms with Gasteiger partial charge in [-0.05, 0) is 29.7 Å². The van der Waals surface area contributed by atoms with E-state index in [2.05, 4.69) is 5.32 Å². The number of carbonyl (C=O) groups is 2. The first-order valence-corrected chi connectivity index (χ1v) is 8.15. The van der Waals surface area contributed by atoms with Crippen molar-refractivity contribution < 1.29 is 22.8 Å². The van der Waals surface area contributed by atoms with E-state index in [1.165, 1.54) is 23.8 Å². The number of anilines is 1. The number of fused-ring (bicyclic) bond motifs is 1. The van der Waals surface area contributed by atoms with Crippen LogP contribution >= 0.6 is 0 Å². The standard InChI is InChI=1S/C19H17F3N2O2/c20-19(21,22)15-7-3-4-8-16(15)23-17(25)11-18(26)24-10-9-13-5-1-2-6-14(13)12-24/h1-8H,9-12H2,(H,23,25). The van der Waals surface area contributed by atoms with Gasteiger partial charge in [-0.3, -0.25) is 9.59 Å². The Bertz CT molecular complexity index is 834. The maximum Gasteiger partial charge on any atom is 0.418 e. The Labute approximate surface area is 148 Å². The second-order valence-corrected chi connectivity index (χ2v) is 6.10. The van der Waals surface area contributed by atoms with Gasteiger partial charge in [0, 0.05) is 13.1 Å². The lowest BCUT2D eigenvalue weighted by atomic mass is 10.00. The second kappa shape index (κ2) is 7.19. The number of nitrogens with zero attached hydrogens (tertiary/aromatic N) is 1. The first-order valence-electron chi connectivity index (χ1n) is 8.15. The minimum Gasteiger partial charge on any atom is -0.338 e. The fourth-order valence-electron chi connectivity index (χ4n) is 2.99. The number of benzene rings is 2. The van der Waals surface area contributed by atoms with Crippen LogP contribution in [0.25, 0.3) is 0 Å². The lowest BCUT2D eigenvalue weighted by molar-refractivity contribution is -0.137. The fourth-order valence-corrected chi connectivity index (χ4v) is 2.99. The van der Waals surface area contributed by atoms with Crippen LogP contribution in [0.2, 0.25) is 0 Å². The number of rotatable bonds is 3. The van der Waals surface area contributed by atoms with E-state index in [1.807, 2.05) is 24.3 Å². The van der Waals surface area contributed by atoms with E-state index < -0.39 is 30.0 Å². The summed E-state index contributed by atoms with van der Waals surface area (Å²) in [5.74, 6) is -1.16. The molecule has 0 saturated carbocycles. The van der Waals surface area contributed by atoms with Gasteiger partial charge in [-0.1, -0.05) is 36.4 Å². The molecule has 1 aliphatic rings. The highest BCUT2D eigenvalue weighted by Gasteiger charge is 2.33. The zero-order chi connectivity index (χ0) is 18.7. The summed E-state index contributed by atoms with van der Waals surface area (Å²) in [5.41, 5.74) is 0.907. The van der Waals surface area contributed by atoms with Crippen LogP contribution in [0.1, 0.15) is 23.1 Å². The van der Waals surface area contributed by atoms with Crippen LogP contribution in [0, 0.1) is 0 Å². The molecular weight excluding hydrogens is 345 g/mol. The minimum absolute atomic E-state index is 0.346. The normalized spacial score (nSPS) is 13.9. The van der Waals surface area contributed by atoms with Crippen LogP contribution in [0.4, 0.5) is 18.9 Å². The predicted octanol–water partition coefficient (Wildman–Crippen LogP) is 3.62. The first kappa shape index (κ1) is 18.0. The number of alkyl halides is 3. The highest BCUT2D eigenvalue weighted by Crippen LogP contribution is 2.34. The van der Waals surface area contributed by atoms with Gasteiger partial charge >= 0.3 is 6.18 Å². The number of carbonyl (C=O) groups excluding carboxylic acids is 2. The Hall–Kier alpha value is -2.83. The molecule has 2 amide bonds. The van der Waals surface area contributed by atoms with E-state index in [0.717, 1.165) is 11.6 Å². The van der Waals surface area contributed by atoms with E-state index in [1.54, 1.807) is 4.90 Å². The number of amides is 2. The third-order valence-electron chi connectivity index (χ3n) is 4.30. The largest absolute Gasteiger partial charge is 0.418 e. The number of para-hydroxylation sites is 1. The van der Waals surface area contributed by atoms with E-state index in [4.69, 9.17) is 0 Å². The molecule has 0 unspecified atom stereocenters. The topological polar surface area (TPSA) is 49.4 Å². The lowest BCUT2D eigenvalue weighted by Gasteiger charge is -2.28. The molecule has 4 nitrogen and oxygen atoms in total. The molecule has 0 saturated heterocycles. The molecule has 0 spiro atoms. The Morgan fingerprint density at radius 2 is 1.65 bits per heavy atom. The summed E-state index contributed by atoms with van der Waals surface area (Å²) in [6.07, 6.45) is -4.38. The maximum absolute atomic E-state index is 13.0. The summed E-state index contributed by atoms with van der Waals surface area (Å²) in [6, 6.07) is 12.4. The molecule has 1 aliphatic heterocycles. The number of hydrogen-bond donors (Lipinski definition) is 1. The summed E-state index contributed by atoms with van der Waals surface area (Å²) in [4.78, 5) is 26.0. The minimum atomic E-state index is -4.58. The molecule has 26 heavy (non-hydrogen) atoms. The molecule has 0 aromatic heterocycles. The van der Waals surface area contributed by atoms with Crippen molar-refractivity contribution in [1.29, 1.82) is 0 Å². The number of nitrogens with one attached hydrogen (secondary N) is 1. The third-order valence-corrected chi connectivity index (χ3v) is 4.30. The Morgan fingerprint density at radius 1 is 1.00 bits per heavy atom. The van der Waals surface area contributed by atoms with E-state index in [-0.39, 0.29) is 5.69 Å². The quantitative estimate of drug-likeness (QED) is 0.848. The van der Waals surface area contributed by atoms with Crippen molar-refractivity contribution in [2.24, 2.45) is 0 Å². The van der Waals surface area contributed by atoms with Gasteiger partial charge in [0.25, 0.3) is 0 Å². The highest BCUT2D eigenvalue weighted by molar-refractivity contribution is 6.04. The third kappa shape index (κ3) is 4.04. The molecule has 1 N–H and O–H groups in total. The first-order chi connectivity index (χ1) is 12.3. The van der Waals surface area contributed by atoms with Gasteiger partial charge in [0.1, 0.15) is 6.42 Å². The average Bonchev–Trinajstić information content (AvgIpc) is 2.60. The molecule has 0 atom stereocenters. The highest BCUT2D eigenvalue weighted by atomic mass is 19.4. The van der Waals surface area contributed by atoms with Crippen LogP contribution in [-0.2, 0) is 28.7 Å². The Morgan fingerprint density at radius 3 is 2.38 bits per heavy atom. The molecule has 7 heteroatoms.